The molecule has 1 spiro atoms. The Balaban J connectivity index is 1.71. The highest BCUT2D eigenvalue weighted by molar-refractivity contribution is 7.86. The van der Waals surface area contributed by atoms with Crippen LogP contribution in [0.25, 0.3) is 0 Å². The van der Waals surface area contributed by atoms with E-state index in [9.17, 15) is 8.42 Å². The van der Waals surface area contributed by atoms with E-state index >= 15 is 0 Å². The van der Waals surface area contributed by atoms with Crippen molar-refractivity contribution in [3.8, 4) is 0 Å². The summed E-state index contributed by atoms with van der Waals surface area (Å²) >= 11 is 0. The van der Waals surface area contributed by atoms with Gasteiger partial charge in [-0.2, -0.15) is 17.0 Å². The van der Waals surface area contributed by atoms with Crippen LogP contribution >= 0.6 is 0 Å². The molecule has 3 saturated heterocycles. The fourth-order valence-corrected chi connectivity index (χ4v) is 6.08. The van der Waals surface area contributed by atoms with Gasteiger partial charge < -0.3 is 9.80 Å². The predicted molar refractivity (Wildman–Crippen MR) is 88.0 cm³/mol. The van der Waals surface area contributed by atoms with E-state index < -0.39 is 10.2 Å². The van der Waals surface area contributed by atoms with Gasteiger partial charge in [-0.15, -0.1) is 0 Å². The van der Waals surface area contributed by atoms with Crippen molar-refractivity contribution >= 4 is 10.2 Å². The Morgan fingerprint density at radius 3 is 2.00 bits per heavy atom. The first kappa shape index (κ1) is 16.6. The lowest BCUT2D eigenvalue weighted by atomic mass is 9.74. The lowest BCUT2D eigenvalue weighted by Gasteiger charge is -2.48. The second kappa shape index (κ2) is 6.36. The van der Waals surface area contributed by atoms with E-state index in [1.807, 2.05) is 0 Å². The number of hydrogen-bond donors (Lipinski definition) is 0. The minimum atomic E-state index is -3.28. The fraction of sp³-hybridized carbons (Fsp3) is 1.00. The minimum Gasteiger partial charge on any atom is -0.306 e. The van der Waals surface area contributed by atoms with E-state index in [0.29, 0.717) is 26.2 Å². The summed E-state index contributed by atoms with van der Waals surface area (Å²) in [6.07, 6.45) is 4.54. The Bertz CT molecular complexity index is 486. The third kappa shape index (κ3) is 3.33. The summed E-state index contributed by atoms with van der Waals surface area (Å²) < 4.78 is 29.4. The summed E-state index contributed by atoms with van der Waals surface area (Å²) in [7, 11) is 0.935. The van der Waals surface area contributed by atoms with Crippen LogP contribution in [0.5, 0.6) is 0 Å². The van der Waals surface area contributed by atoms with Gasteiger partial charge in [0.25, 0.3) is 10.2 Å². The van der Waals surface area contributed by atoms with E-state index in [4.69, 9.17) is 0 Å². The largest absolute Gasteiger partial charge is 0.306 e. The Morgan fingerprint density at radius 2 is 1.36 bits per heavy atom. The molecule has 1 atom stereocenters. The highest BCUT2D eigenvalue weighted by Gasteiger charge is 2.43. The van der Waals surface area contributed by atoms with Crippen LogP contribution in [-0.4, -0.2) is 93.3 Å². The molecule has 3 aliphatic rings. The molecule has 0 aromatic carbocycles. The van der Waals surface area contributed by atoms with Gasteiger partial charge >= 0.3 is 0 Å². The number of piperidine rings is 2. The molecule has 0 saturated carbocycles. The van der Waals surface area contributed by atoms with Gasteiger partial charge in [-0.1, -0.05) is 0 Å². The molecule has 0 aliphatic carbocycles. The summed E-state index contributed by atoms with van der Waals surface area (Å²) in [4.78, 5) is 4.56. The van der Waals surface area contributed by atoms with Crippen LogP contribution in [0, 0.1) is 5.41 Å². The van der Waals surface area contributed by atoms with Crippen molar-refractivity contribution in [2.75, 3.05) is 66.5 Å². The molecule has 0 N–H and O–H groups in total. The number of nitrogens with zero attached hydrogens (tertiary/aromatic N) is 4. The summed E-state index contributed by atoms with van der Waals surface area (Å²) in [6, 6.07) is 0. The maximum atomic E-state index is 13.0. The summed E-state index contributed by atoms with van der Waals surface area (Å²) in [5, 5.41) is 0. The van der Waals surface area contributed by atoms with Crippen LogP contribution in [-0.2, 0) is 10.2 Å². The highest BCUT2D eigenvalue weighted by Crippen LogP contribution is 2.39. The molecular formula is C15H30N4O2S. The highest BCUT2D eigenvalue weighted by atomic mass is 32.2. The second-order valence-corrected chi connectivity index (χ2v) is 9.42. The Labute approximate surface area is 135 Å². The van der Waals surface area contributed by atoms with Gasteiger partial charge in [-0.3, -0.25) is 0 Å². The second-order valence-electron chi connectivity index (χ2n) is 7.49. The molecule has 0 radical (unpaired) electrons. The van der Waals surface area contributed by atoms with Crippen molar-refractivity contribution in [3.05, 3.63) is 0 Å². The maximum Gasteiger partial charge on any atom is 0.282 e. The molecule has 7 heteroatoms. The Morgan fingerprint density at radius 1 is 0.727 bits per heavy atom. The van der Waals surface area contributed by atoms with Gasteiger partial charge in [-0.25, -0.2) is 0 Å². The van der Waals surface area contributed by atoms with Crippen LogP contribution in [0.15, 0.2) is 0 Å². The van der Waals surface area contributed by atoms with Crippen LogP contribution in [0.2, 0.25) is 0 Å². The fourth-order valence-electron chi connectivity index (χ4n) is 4.33. The lowest BCUT2D eigenvalue weighted by molar-refractivity contribution is 0.0498. The average molecular weight is 330 g/mol. The van der Waals surface area contributed by atoms with Crippen molar-refractivity contribution in [1.29, 1.82) is 0 Å². The van der Waals surface area contributed by atoms with Crippen LogP contribution < -0.4 is 0 Å². The molecule has 3 aliphatic heterocycles. The van der Waals surface area contributed by atoms with Gasteiger partial charge in [0.15, 0.2) is 0 Å². The zero-order valence-corrected chi connectivity index (χ0v) is 14.8. The third-order valence-electron chi connectivity index (χ3n) is 5.59. The molecule has 0 aromatic rings. The van der Waals surface area contributed by atoms with Gasteiger partial charge in [0.05, 0.1) is 0 Å². The van der Waals surface area contributed by atoms with E-state index in [0.717, 1.165) is 32.6 Å². The molecule has 22 heavy (non-hydrogen) atoms. The van der Waals surface area contributed by atoms with Crippen molar-refractivity contribution in [2.24, 2.45) is 5.41 Å². The minimum absolute atomic E-state index is 0.185. The van der Waals surface area contributed by atoms with E-state index in [-0.39, 0.29) is 5.41 Å². The number of piperazine rings is 1. The summed E-state index contributed by atoms with van der Waals surface area (Å²) in [5.41, 5.74) is 0.185. The van der Waals surface area contributed by atoms with Crippen molar-refractivity contribution in [3.63, 3.8) is 0 Å². The number of likely N-dealkylation sites (N-methyl/N-ethyl adjacent to an activating group) is 1. The van der Waals surface area contributed by atoms with E-state index in [2.05, 4.69) is 23.9 Å². The summed E-state index contributed by atoms with van der Waals surface area (Å²) in [5.74, 6) is 0. The zero-order valence-electron chi connectivity index (χ0n) is 14.0. The van der Waals surface area contributed by atoms with Gasteiger partial charge in [0.1, 0.15) is 0 Å². The van der Waals surface area contributed by atoms with Gasteiger partial charge in [-0.05, 0) is 51.7 Å². The number of rotatable bonds is 2. The molecule has 3 fully saturated rings. The molecular weight excluding hydrogens is 300 g/mol. The molecule has 3 heterocycles. The molecule has 6 nitrogen and oxygen atoms in total. The zero-order chi connectivity index (χ0) is 15.8. The van der Waals surface area contributed by atoms with Crippen molar-refractivity contribution in [1.82, 2.24) is 18.4 Å². The average Bonchev–Trinajstić information content (AvgIpc) is 2.47. The topological polar surface area (TPSA) is 47.1 Å². The first-order valence-electron chi connectivity index (χ1n) is 8.54. The molecule has 128 valence electrons. The molecule has 0 amide bonds. The maximum absolute atomic E-state index is 13.0. The van der Waals surface area contributed by atoms with E-state index in [1.165, 1.54) is 19.3 Å². The van der Waals surface area contributed by atoms with Crippen LogP contribution in [0.1, 0.15) is 25.7 Å². The van der Waals surface area contributed by atoms with Gasteiger partial charge in [0, 0.05) is 45.8 Å². The molecule has 3 rings (SSSR count). The summed E-state index contributed by atoms with van der Waals surface area (Å²) in [6.45, 7) is 6.52. The Kier molecular flexibility index (Phi) is 4.81. The Hall–Kier alpha value is -0.210. The third-order valence-corrected chi connectivity index (χ3v) is 7.58. The molecule has 0 aromatic heterocycles. The smallest absolute Gasteiger partial charge is 0.282 e. The monoisotopic (exact) mass is 330 g/mol. The van der Waals surface area contributed by atoms with Gasteiger partial charge in [0.2, 0.25) is 0 Å². The normalized spacial score (nSPS) is 34.3. The van der Waals surface area contributed by atoms with Crippen molar-refractivity contribution in [2.45, 2.75) is 25.7 Å². The van der Waals surface area contributed by atoms with Crippen LogP contribution in [0.4, 0.5) is 0 Å². The molecule has 0 bridgehead atoms. The first-order chi connectivity index (χ1) is 10.4. The lowest BCUT2D eigenvalue weighted by Crippen LogP contribution is -2.57. The van der Waals surface area contributed by atoms with Crippen LogP contribution in [0.3, 0.4) is 0 Å². The van der Waals surface area contributed by atoms with E-state index in [1.54, 1.807) is 8.61 Å². The molecule has 1 unspecified atom stereocenters. The van der Waals surface area contributed by atoms with Crippen molar-refractivity contribution < 1.29 is 8.42 Å². The quantitative estimate of drug-likeness (QED) is 0.730. The predicted octanol–water partition coefficient (Wildman–Crippen LogP) is 0.286. The number of hydrogen-bond acceptors (Lipinski definition) is 4. The standard InChI is InChI=1S/C15H30N4O2S/c1-16-9-11-18(12-10-16)22(20,21)19-8-4-6-15(14-19)5-3-7-17(2)13-15/h3-14H2,1-2H3. The number of likely N-dealkylation sites (tertiary alicyclic amines) is 1. The SMILES string of the molecule is CN1CCN(S(=O)(=O)N2CCCC3(CCCN(C)C3)C2)CC1. The first-order valence-corrected chi connectivity index (χ1v) is 9.93.